The number of anilines is 3. The molecular weight excluding hydrogens is 449 g/mol. The third kappa shape index (κ3) is 5.31. The lowest BCUT2D eigenvalue weighted by Crippen LogP contribution is -2.07. The number of carbonyl (C=O) groups excluding carboxylic acids is 1. The van der Waals surface area contributed by atoms with Crippen molar-refractivity contribution in [2.24, 2.45) is 7.05 Å². The van der Waals surface area contributed by atoms with Gasteiger partial charge < -0.3 is 15.4 Å². The third-order valence-corrected chi connectivity index (χ3v) is 4.60. The summed E-state index contributed by atoms with van der Waals surface area (Å²) in [6.45, 7) is 3.43. The van der Waals surface area contributed by atoms with E-state index in [1.807, 2.05) is 0 Å². The maximum atomic E-state index is 14.1. The summed E-state index contributed by atoms with van der Waals surface area (Å²) in [7, 11) is 1.78. The Hall–Kier alpha value is -4.31. The van der Waals surface area contributed by atoms with Crippen LogP contribution in [0.4, 0.5) is 21.7 Å². The second-order valence-corrected chi connectivity index (χ2v) is 7.12. The molecule has 166 valence electrons. The summed E-state index contributed by atoms with van der Waals surface area (Å²) >= 11 is 5.72. The van der Waals surface area contributed by atoms with E-state index in [4.69, 9.17) is 16.3 Å². The molecule has 0 atom stereocenters. The largest absolute Gasteiger partial charge is 0.438 e. The summed E-state index contributed by atoms with van der Waals surface area (Å²) in [5.74, 6) is -0.300. The van der Waals surface area contributed by atoms with Crippen molar-refractivity contribution in [1.82, 2.24) is 24.7 Å². The van der Waals surface area contributed by atoms with Crippen LogP contribution in [-0.2, 0) is 11.8 Å². The second kappa shape index (κ2) is 9.45. The Morgan fingerprint density at radius 2 is 2.06 bits per heavy atom. The highest BCUT2D eigenvalue weighted by molar-refractivity contribution is 6.29. The van der Waals surface area contributed by atoms with Crippen molar-refractivity contribution in [3.8, 4) is 22.8 Å². The average molecular weight is 466 g/mol. The van der Waals surface area contributed by atoms with E-state index in [0.29, 0.717) is 28.3 Å². The number of pyridine rings is 1. The fraction of sp³-hybridized carbons (Fsp3) is 0.0455. The fourth-order valence-corrected chi connectivity index (χ4v) is 2.93. The number of hydrogen-bond acceptors (Lipinski definition) is 7. The first-order chi connectivity index (χ1) is 15.9. The van der Waals surface area contributed by atoms with E-state index in [1.165, 1.54) is 18.5 Å². The van der Waals surface area contributed by atoms with E-state index in [1.54, 1.807) is 48.4 Å². The predicted molar refractivity (Wildman–Crippen MR) is 122 cm³/mol. The number of hydrogen-bond donors (Lipinski definition) is 2. The quantitative estimate of drug-likeness (QED) is 0.300. The molecule has 4 aromatic rings. The minimum absolute atomic E-state index is 0.132. The Bertz CT molecular complexity index is 1340. The first-order valence-corrected chi connectivity index (χ1v) is 9.94. The van der Waals surface area contributed by atoms with E-state index < -0.39 is 5.82 Å². The molecule has 0 aliphatic heterocycles. The average Bonchev–Trinajstić information content (AvgIpc) is 3.20. The lowest BCUT2D eigenvalue weighted by atomic mass is 10.1. The van der Waals surface area contributed by atoms with Crippen LogP contribution in [0, 0.1) is 5.82 Å². The molecule has 33 heavy (non-hydrogen) atoms. The SMILES string of the molecule is C=CC(=O)Nc1cccc(Oc2nc(Nc3cnn(C)c3)ncc2-c2cnc(Cl)c(F)c2)c1. The van der Waals surface area contributed by atoms with Gasteiger partial charge in [0.05, 0.1) is 17.4 Å². The molecule has 3 heterocycles. The van der Waals surface area contributed by atoms with Crippen LogP contribution in [0.15, 0.2) is 67.8 Å². The molecule has 0 unspecified atom stereocenters. The highest BCUT2D eigenvalue weighted by atomic mass is 35.5. The lowest BCUT2D eigenvalue weighted by Gasteiger charge is -2.13. The third-order valence-electron chi connectivity index (χ3n) is 4.32. The molecule has 2 N–H and O–H groups in total. The van der Waals surface area contributed by atoms with Gasteiger partial charge in [-0.05, 0) is 24.3 Å². The predicted octanol–water partition coefficient (Wildman–Crippen LogP) is 4.73. The fourth-order valence-electron chi connectivity index (χ4n) is 2.83. The number of rotatable bonds is 7. The molecule has 9 nitrogen and oxygen atoms in total. The number of halogens is 2. The second-order valence-electron chi connectivity index (χ2n) is 6.76. The van der Waals surface area contributed by atoms with E-state index in [-0.39, 0.29) is 22.9 Å². The summed E-state index contributed by atoms with van der Waals surface area (Å²) in [5, 5.41) is 9.53. The molecule has 11 heteroatoms. The Morgan fingerprint density at radius 1 is 1.21 bits per heavy atom. The van der Waals surface area contributed by atoms with Crippen molar-refractivity contribution in [3.05, 3.63) is 78.7 Å². The van der Waals surface area contributed by atoms with Crippen molar-refractivity contribution >= 4 is 34.8 Å². The van der Waals surface area contributed by atoms with Gasteiger partial charge in [-0.15, -0.1) is 0 Å². The Balaban J connectivity index is 1.71. The molecule has 3 aromatic heterocycles. The van der Waals surface area contributed by atoms with Crippen LogP contribution in [-0.4, -0.2) is 30.6 Å². The minimum Gasteiger partial charge on any atom is -0.438 e. The maximum absolute atomic E-state index is 14.1. The van der Waals surface area contributed by atoms with Crippen LogP contribution in [0.25, 0.3) is 11.1 Å². The molecule has 0 aliphatic carbocycles. The monoisotopic (exact) mass is 465 g/mol. The number of ether oxygens (including phenoxy) is 1. The molecule has 0 bridgehead atoms. The van der Waals surface area contributed by atoms with Gasteiger partial charge in [0.2, 0.25) is 17.7 Å². The van der Waals surface area contributed by atoms with Crippen LogP contribution in [0.1, 0.15) is 0 Å². The van der Waals surface area contributed by atoms with Gasteiger partial charge in [0.1, 0.15) is 5.75 Å². The summed E-state index contributed by atoms with van der Waals surface area (Å²) in [6.07, 6.45) is 7.40. The lowest BCUT2D eigenvalue weighted by molar-refractivity contribution is -0.111. The Kier molecular flexibility index (Phi) is 6.27. The summed E-state index contributed by atoms with van der Waals surface area (Å²) in [4.78, 5) is 24.2. The first-order valence-electron chi connectivity index (χ1n) is 9.57. The first kappa shape index (κ1) is 21.9. The van der Waals surface area contributed by atoms with Gasteiger partial charge in [-0.1, -0.05) is 24.2 Å². The van der Waals surface area contributed by atoms with Crippen molar-refractivity contribution < 1.29 is 13.9 Å². The molecule has 4 rings (SSSR count). The number of nitrogens with zero attached hydrogens (tertiary/aromatic N) is 5. The van der Waals surface area contributed by atoms with Gasteiger partial charge >= 0.3 is 0 Å². The molecule has 0 fully saturated rings. The maximum Gasteiger partial charge on any atom is 0.247 e. The van der Waals surface area contributed by atoms with Gasteiger partial charge in [0.25, 0.3) is 0 Å². The Morgan fingerprint density at radius 3 is 2.79 bits per heavy atom. The van der Waals surface area contributed by atoms with Gasteiger partial charge in [0, 0.05) is 43.0 Å². The minimum atomic E-state index is -0.688. The van der Waals surface area contributed by atoms with E-state index in [2.05, 4.69) is 37.3 Å². The zero-order valence-electron chi connectivity index (χ0n) is 17.3. The van der Waals surface area contributed by atoms with E-state index >= 15 is 0 Å². The zero-order chi connectivity index (χ0) is 23.4. The van der Waals surface area contributed by atoms with Crippen molar-refractivity contribution in [2.75, 3.05) is 10.6 Å². The van der Waals surface area contributed by atoms with Crippen LogP contribution in [0.5, 0.6) is 11.6 Å². The number of benzene rings is 1. The highest BCUT2D eigenvalue weighted by Gasteiger charge is 2.15. The van der Waals surface area contributed by atoms with Gasteiger partial charge in [-0.25, -0.2) is 14.4 Å². The molecule has 0 radical (unpaired) electrons. The Labute approximate surface area is 192 Å². The van der Waals surface area contributed by atoms with Gasteiger partial charge in [0.15, 0.2) is 11.0 Å². The van der Waals surface area contributed by atoms with Crippen molar-refractivity contribution in [2.45, 2.75) is 0 Å². The number of carbonyl (C=O) groups is 1. The topological polar surface area (TPSA) is 107 Å². The summed E-state index contributed by atoms with van der Waals surface area (Å²) in [5.41, 5.74) is 1.93. The molecule has 0 saturated heterocycles. The van der Waals surface area contributed by atoms with Gasteiger partial charge in [-0.2, -0.15) is 10.1 Å². The molecule has 0 spiro atoms. The van der Waals surface area contributed by atoms with Crippen LogP contribution in [0.2, 0.25) is 5.15 Å². The number of amides is 1. The van der Waals surface area contributed by atoms with Crippen LogP contribution in [0.3, 0.4) is 0 Å². The number of nitrogens with one attached hydrogen (secondary N) is 2. The summed E-state index contributed by atoms with van der Waals surface area (Å²) in [6, 6.07) is 7.92. The summed E-state index contributed by atoms with van der Waals surface area (Å²) < 4.78 is 21.7. The smallest absolute Gasteiger partial charge is 0.247 e. The van der Waals surface area contributed by atoms with Crippen LogP contribution >= 0.6 is 11.6 Å². The molecular formula is C22H17ClFN7O2. The molecule has 1 amide bonds. The van der Waals surface area contributed by atoms with E-state index in [0.717, 1.165) is 6.08 Å². The van der Waals surface area contributed by atoms with Gasteiger partial charge in [-0.3, -0.25) is 9.48 Å². The van der Waals surface area contributed by atoms with Crippen LogP contribution < -0.4 is 15.4 Å². The molecule has 1 aromatic carbocycles. The standard InChI is InChI=1S/C22H17ClFN7O2/c1-3-19(32)28-14-5-4-6-16(8-14)33-21-17(13-7-18(24)20(23)25-9-13)11-26-22(30-21)29-15-10-27-31(2)12-15/h3-12H,1H2,2H3,(H,28,32)(H,26,29,30). The normalized spacial score (nSPS) is 10.5. The zero-order valence-corrected chi connectivity index (χ0v) is 18.0. The molecule has 0 saturated carbocycles. The molecule has 0 aliphatic rings. The van der Waals surface area contributed by atoms with Crippen molar-refractivity contribution in [3.63, 3.8) is 0 Å². The highest BCUT2D eigenvalue weighted by Crippen LogP contribution is 2.34. The number of aryl methyl sites for hydroxylation is 1. The van der Waals surface area contributed by atoms with Crippen molar-refractivity contribution in [1.29, 1.82) is 0 Å². The van der Waals surface area contributed by atoms with E-state index in [9.17, 15) is 9.18 Å². The number of aromatic nitrogens is 5.